The highest BCUT2D eigenvalue weighted by molar-refractivity contribution is 5.97. The average molecular weight is 373 g/mol. The fourth-order valence-electron chi connectivity index (χ4n) is 3.24. The van der Waals surface area contributed by atoms with Crippen LogP contribution in [0, 0.1) is 6.92 Å². The molecule has 2 heterocycles. The largest absolute Gasteiger partial charge is 0.493 e. The number of piperidine rings is 1. The van der Waals surface area contributed by atoms with Gasteiger partial charge in [-0.15, -0.1) is 0 Å². The van der Waals surface area contributed by atoms with E-state index in [0.29, 0.717) is 54.5 Å². The van der Waals surface area contributed by atoms with Crippen LogP contribution in [0.2, 0.25) is 0 Å². The first kappa shape index (κ1) is 18.8. The highest BCUT2D eigenvalue weighted by atomic mass is 16.5. The number of hydrogen-bond donors (Lipinski definition) is 0. The highest BCUT2D eigenvalue weighted by Crippen LogP contribution is 2.32. The number of likely N-dealkylation sites (tertiary alicyclic amines) is 1. The average Bonchev–Trinajstić information content (AvgIpc) is 2.66. The summed E-state index contributed by atoms with van der Waals surface area (Å²) in [5.41, 5.74) is 0.0512. The number of methoxy groups -OCH3 is 2. The number of benzene rings is 1. The lowest BCUT2D eigenvalue weighted by atomic mass is 10.1. The molecule has 0 bridgehead atoms. The maximum absolute atomic E-state index is 12.9. The zero-order valence-electron chi connectivity index (χ0n) is 15.7. The van der Waals surface area contributed by atoms with Crippen molar-refractivity contribution in [1.29, 1.82) is 0 Å². The molecular weight excluding hydrogens is 350 g/mol. The third-order valence-electron chi connectivity index (χ3n) is 4.53. The van der Waals surface area contributed by atoms with Crippen LogP contribution in [0.4, 0.5) is 0 Å². The van der Waals surface area contributed by atoms with Crippen LogP contribution in [0.1, 0.15) is 29.0 Å². The van der Waals surface area contributed by atoms with E-state index in [1.807, 2.05) is 0 Å². The minimum Gasteiger partial charge on any atom is -0.493 e. The van der Waals surface area contributed by atoms with Crippen molar-refractivity contribution >= 4 is 5.91 Å². The van der Waals surface area contributed by atoms with E-state index < -0.39 is 5.63 Å². The van der Waals surface area contributed by atoms with E-state index in [1.54, 1.807) is 43.2 Å². The summed E-state index contributed by atoms with van der Waals surface area (Å²) in [4.78, 5) is 26.1. The van der Waals surface area contributed by atoms with Crippen LogP contribution in [0.3, 0.4) is 0 Å². The second-order valence-electron chi connectivity index (χ2n) is 6.37. The molecule has 0 radical (unpaired) electrons. The molecule has 0 atom stereocenters. The molecule has 1 aromatic heterocycles. The molecule has 0 saturated carbocycles. The lowest BCUT2D eigenvalue weighted by Crippen LogP contribution is -2.42. The van der Waals surface area contributed by atoms with E-state index in [4.69, 9.17) is 18.6 Å². The van der Waals surface area contributed by atoms with Gasteiger partial charge < -0.3 is 23.5 Å². The Morgan fingerprint density at radius 2 is 1.89 bits per heavy atom. The van der Waals surface area contributed by atoms with Gasteiger partial charge in [-0.3, -0.25) is 4.79 Å². The van der Waals surface area contributed by atoms with Crippen molar-refractivity contribution in [3.63, 3.8) is 0 Å². The first-order valence-electron chi connectivity index (χ1n) is 8.80. The van der Waals surface area contributed by atoms with Crippen molar-refractivity contribution in [2.75, 3.05) is 27.3 Å². The van der Waals surface area contributed by atoms with Crippen molar-refractivity contribution in [1.82, 2.24) is 4.90 Å². The van der Waals surface area contributed by atoms with Gasteiger partial charge in [0.15, 0.2) is 11.5 Å². The molecule has 1 aliphatic heterocycles. The minimum atomic E-state index is -0.428. The zero-order chi connectivity index (χ0) is 19.4. The molecule has 1 aliphatic rings. The van der Waals surface area contributed by atoms with E-state index >= 15 is 0 Å². The van der Waals surface area contributed by atoms with E-state index in [-0.39, 0.29) is 12.0 Å². The second-order valence-corrected chi connectivity index (χ2v) is 6.37. The predicted octanol–water partition coefficient (Wildman–Crippen LogP) is 2.65. The van der Waals surface area contributed by atoms with Crippen LogP contribution < -0.4 is 19.8 Å². The topological polar surface area (TPSA) is 78.2 Å². The molecule has 7 nitrogen and oxygen atoms in total. The fourth-order valence-corrected chi connectivity index (χ4v) is 3.24. The molecule has 27 heavy (non-hydrogen) atoms. The quantitative estimate of drug-likeness (QED) is 0.802. The van der Waals surface area contributed by atoms with E-state index in [2.05, 4.69) is 0 Å². The first-order chi connectivity index (χ1) is 13.0. The summed E-state index contributed by atoms with van der Waals surface area (Å²) in [5, 5.41) is 0. The Hall–Kier alpha value is -2.96. The van der Waals surface area contributed by atoms with Crippen molar-refractivity contribution in [2.45, 2.75) is 25.9 Å². The van der Waals surface area contributed by atoms with Gasteiger partial charge in [0.2, 0.25) is 0 Å². The Balaban J connectivity index is 1.65. The van der Waals surface area contributed by atoms with Crippen LogP contribution >= 0.6 is 0 Å². The Kier molecular flexibility index (Phi) is 5.69. The summed E-state index contributed by atoms with van der Waals surface area (Å²) in [6.45, 7) is 2.83. The molecule has 0 spiro atoms. The molecule has 0 aliphatic carbocycles. The summed E-state index contributed by atoms with van der Waals surface area (Å²) in [6, 6.07) is 8.30. The summed E-state index contributed by atoms with van der Waals surface area (Å²) in [6.07, 6.45) is 1.30. The third-order valence-corrected chi connectivity index (χ3v) is 4.53. The van der Waals surface area contributed by atoms with E-state index in [9.17, 15) is 9.59 Å². The lowest BCUT2D eigenvalue weighted by Gasteiger charge is -2.32. The molecular formula is C20H23NO6. The van der Waals surface area contributed by atoms with Crippen LogP contribution in [0.25, 0.3) is 0 Å². The molecule has 0 unspecified atom stereocenters. The smallest absolute Gasteiger partial charge is 0.339 e. The molecule has 2 aromatic rings. The van der Waals surface area contributed by atoms with Gasteiger partial charge in [0, 0.05) is 32.0 Å². The number of ether oxygens (including phenoxy) is 3. The Labute approximate surface area is 157 Å². The maximum atomic E-state index is 12.9. The molecule has 1 aromatic carbocycles. The van der Waals surface area contributed by atoms with E-state index in [0.717, 1.165) is 0 Å². The third kappa shape index (κ3) is 4.24. The molecule has 7 heteroatoms. The Bertz CT molecular complexity index is 867. The SMILES string of the molecule is COc1cccc(C(=O)N2CCC(Oc3cc(C)oc(=O)c3)CC2)c1OC. The molecule has 1 saturated heterocycles. The van der Waals surface area contributed by atoms with Crippen molar-refractivity contribution < 1.29 is 23.4 Å². The number of aryl methyl sites for hydroxylation is 1. The monoisotopic (exact) mass is 373 g/mol. The van der Waals surface area contributed by atoms with Crippen molar-refractivity contribution in [2.24, 2.45) is 0 Å². The number of nitrogens with zero attached hydrogens (tertiary/aromatic N) is 1. The Morgan fingerprint density at radius 3 is 2.52 bits per heavy atom. The van der Waals surface area contributed by atoms with Gasteiger partial charge in [-0.2, -0.15) is 0 Å². The zero-order valence-corrected chi connectivity index (χ0v) is 15.7. The number of rotatable bonds is 5. The number of carbonyl (C=O) groups is 1. The molecule has 144 valence electrons. The number of amides is 1. The highest BCUT2D eigenvalue weighted by Gasteiger charge is 2.27. The lowest BCUT2D eigenvalue weighted by molar-refractivity contribution is 0.0591. The van der Waals surface area contributed by atoms with Gasteiger partial charge in [-0.05, 0) is 19.1 Å². The summed E-state index contributed by atoms with van der Waals surface area (Å²) in [7, 11) is 3.06. The van der Waals surface area contributed by atoms with Gasteiger partial charge >= 0.3 is 5.63 Å². The summed E-state index contributed by atoms with van der Waals surface area (Å²) >= 11 is 0. The predicted molar refractivity (Wildman–Crippen MR) is 98.8 cm³/mol. The van der Waals surface area contributed by atoms with Crippen LogP contribution in [0.15, 0.2) is 39.5 Å². The number of carbonyl (C=O) groups excluding carboxylic acids is 1. The second kappa shape index (κ2) is 8.16. The van der Waals surface area contributed by atoms with Crippen LogP contribution in [-0.4, -0.2) is 44.2 Å². The molecule has 1 amide bonds. The van der Waals surface area contributed by atoms with Crippen molar-refractivity contribution in [3.8, 4) is 17.2 Å². The van der Waals surface area contributed by atoms with Gasteiger partial charge in [0.05, 0.1) is 25.8 Å². The Morgan fingerprint density at radius 1 is 1.15 bits per heavy atom. The van der Waals surface area contributed by atoms with Gasteiger partial charge in [0.1, 0.15) is 17.6 Å². The van der Waals surface area contributed by atoms with Gasteiger partial charge in [-0.25, -0.2) is 4.79 Å². The standard InChI is InChI=1S/C20H23NO6/c1-13-11-15(12-18(22)26-13)27-14-7-9-21(10-8-14)20(23)16-5-4-6-17(24-2)19(16)25-3/h4-6,11-12,14H,7-10H2,1-3H3. The molecule has 3 rings (SSSR count). The normalized spacial score (nSPS) is 14.7. The van der Waals surface area contributed by atoms with E-state index in [1.165, 1.54) is 13.2 Å². The maximum Gasteiger partial charge on any atom is 0.339 e. The summed E-state index contributed by atoms with van der Waals surface area (Å²) < 4.78 is 21.5. The number of para-hydroxylation sites is 1. The van der Waals surface area contributed by atoms with Crippen LogP contribution in [0.5, 0.6) is 17.2 Å². The summed E-state index contributed by atoms with van der Waals surface area (Å²) in [5.74, 6) is 1.88. The minimum absolute atomic E-state index is 0.0533. The first-order valence-corrected chi connectivity index (χ1v) is 8.80. The molecule has 1 fully saturated rings. The van der Waals surface area contributed by atoms with Crippen LogP contribution in [-0.2, 0) is 0 Å². The van der Waals surface area contributed by atoms with Gasteiger partial charge in [-0.1, -0.05) is 6.07 Å². The molecule has 0 N–H and O–H groups in total. The van der Waals surface area contributed by atoms with Crippen molar-refractivity contribution in [3.05, 3.63) is 52.1 Å². The fraction of sp³-hybridized carbons (Fsp3) is 0.400. The number of hydrogen-bond acceptors (Lipinski definition) is 6. The van der Waals surface area contributed by atoms with Gasteiger partial charge in [0.25, 0.3) is 5.91 Å².